The Labute approximate surface area is 107 Å². The highest BCUT2D eigenvalue weighted by Crippen LogP contribution is 2.31. The molecule has 2 N–H and O–H groups in total. The Bertz CT molecular complexity index is 402. The minimum absolute atomic E-state index is 0.125. The van der Waals surface area contributed by atoms with Crippen molar-refractivity contribution >= 4 is 11.8 Å². The zero-order valence-electron chi connectivity index (χ0n) is 11.1. The third-order valence-electron chi connectivity index (χ3n) is 4.02. The second-order valence-electron chi connectivity index (χ2n) is 5.09. The molecule has 0 unspecified atom stereocenters. The third-order valence-corrected chi connectivity index (χ3v) is 4.02. The summed E-state index contributed by atoms with van der Waals surface area (Å²) in [6.07, 6.45) is 7.01. The van der Waals surface area contributed by atoms with E-state index in [2.05, 4.69) is 16.9 Å². The molecule has 1 aromatic heterocycles. The zero-order valence-corrected chi connectivity index (χ0v) is 11.1. The Balaban J connectivity index is 2.07. The molecule has 4 nitrogen and oxygen atoms in total. The van der Waals surface area contributed by atoms with E-state index in [1.165, 1.54) is 19.3 Å². The van der Waals surface area contributed by atoms with Crippen LogP contribution in [0.25, 0.3) is 0 Å². The molecule has 0 radical (unpaired) electrons. The summed E-state index contributed by atoms with van der Waals surface area (Å²) in [5, 5.41) is 0. The van der Waals surface area contributed by atoms with Crippen molar-refractivity contribution in [2.24, 2.45) is 5.92 Å². The van der Waals surface area contributed by atoms with Crippen LogP contribution >= 0.6 is 0 Å². The van der Waals surface area contributed by atoms with Crippen molar-refractivity contribution in [3.63, 3.8) is 0 Å². The molecule has 0 amide bonds. The molecule has 1 aromatic rings. The van der Waals surface area contributed by atoms with E-state index in [1.807, 2.05) is 11.9 Å². The van der Waals surface area contributed by atoms with Gasteiger partial charge in [-0.25, -0.2) is 9.37 Å². The summed E-state index contributed by atoms with van der Waals surface area (Å²) in [5.41, 5.74) is 5.52. The molecule has 1 aliphatic carbocycles. The van der Waals surface area contributed by atoms with Crippen molar-refractivity contribution in [2.75, 3.05) is 17.7 Å². The SMILES string of the molecule is CCC1CCC(N(C)c2nc(N)ncc2F)CC1. The lowest BCUT2D eigenvalue weighted by Crippen LogP contribution is -2.36. The van der Waals surface area contributed by atoms with Gasteiger partial charge in [-0.05, 0) is 31.6 Å². The van der Waals surface area contributed by atoms with Crippen molar-refractivity contribution in [1.82, 2.24) is 9.97 Å². The fraction of sp³-hybridized carbons (Fsp3) is 0.692. The first-order valence-corrected chi connectivity index (χ1v) is 6.62. The fourth-order valence-corrected chi connectivity index (χ4v) is 2.73. The van der Waals surface area contributed by atoms with Gasteiger partial charge < -0.3 is 10.6 Å². The zero-order chi connectivity index (χ0) is 13.1. The highest BCUT2D eigenvalue weighted by Gasteiger charge is 2.25. The molecule has 0 aromatic carbocycles. The van der Waals surface area contributed by atoms with Crippen LogP contribution in [0.3, 0.4) is 0 Å². The van der Waals surface area contributed by atoms with Crippen molar-refractivity contribution < 1.29 is 4.39 Å². The largest absolute Gasteiger partial charge is 0.368 e. The molecule has 0 spiro atoms. The molecule has 2 rings (SSSR count). The quantitative estimate of drug-likeness (QED) is 0.898. The smallest absolute Gasteiger partial charge is 0.222 e. The Hall–Kier alpha value is -1.39. The standard InChI is InChI=1S/C13H21FN4/c1-3-9-4-6-10(7-5-9)18(2)12-11(14)8-16-13(15)17-12/h8-10H,3-7H2,1-2H3,(H2,15,16,17). The van der Waals surface area contributed by atoms with Crippen molar-refractivity contribution in [1.29, 1.82) is 0 Å². The fourth-order valence-electron chi connectivity index (χ4n) is 2.73. The number of anilines is 2. The van der Waals surface area contributed by atoms with Gasteiger partial charge in [-0.15, -0.1) is 0 Å². The second-order valence-corrected chi connectivity index (χ2v) is 5.09. The topological polar surface area (TPSA) is 55.0 Å². The van der Waals surface area contributed by atoms with Gasteiger partial charge in [0, 0.05) is 13.1 Å². The van der Waals surface area contributed by atoms with Crippen LogP contribution in [0.5, 0.6) is 0 Å². The minimum Gasteiger partial charge on any atom is -0.368 e. The summed E-state index contributed by atoms with van der Waals surface area (Å²) in [6, 6.07) is 0.358. The first kappa shape index (κ1) is 13.1. The molecule has 1 aliphatic rings. The molecule has 0 saturated heterocycles. The Morgan fingerprint density at radius 3 is 2.67 bits per heavy atom. The molecule has 5 heteroatoms. The summed E-state index contributed by atoms with van der Waals surface area (Å²) in [7, 11) is 1.89. The number of nitrogens with two attached hydrogens (primary N) is 1. The Morgan fingerprint density at radius 1 is 1.39 bits per heavy atom. The predicted molar refractivity (Wildman–Crippen MR) is 70.8 cm³/mol. The number of rotatable bonds is 3. The van der Waals surface area contributed by atoms with Gasteiger partial charge in [0.2, 0.25) is 5.95 Å². The number of halogens is 1. The number of nitrogen functional groups attached to an aromatic ring is 1. The van der Waals surface area contributed by atoms with E-state index in [4.69, 9.17) is 5.73 Å². The van der Waals surface area contributed by atoms with Crippen molar-refractivity contribution in [3.05, 3.63) is 12.0 Å². The monoisotopic (exact) mass is 252 g/mol. The van der Waals surface area contributed by atoms with Crippen molar-refractivity contribution in [3.8, 4) is 0 Å². The van der Waals surface area contributed by atoms with Crippen LogP contribution in [0.4, 0.5) is 16.2 Å². The highest BCUT2D eigenvalue weighted by molar-refractivity contribution is 5.42. The van der Waals surface area contributed by atoms with E-state index in [9.17, 15) is 4.39 Å². The average Bonchev–Trinajstić information content (AvgIpc) is 2.41. The minimum atomic E-state index is -0.399. The van der Waals surface area contributed by atoms with Crippen LogP contribution in [0.15, 0.2) is 6.20 Å². The van der Waals surface area contributed by atoms with E-state index < -0.39 is 5.82 Å². The van der Waals surface area contributed by atoms with Gasteiger partial charge in [0.05, 0.1) is 6.20 Å². The Morgan fingerprint density at radius 2 is 2.06 bits per heavy atom. The van der Waals surface area contributed by atoms with Crippen LogP contribution < -0.4 is 10.6 Å². The molecule has 100 valence electrons. The molecule has 0 atom stereocenters. The molecule has 0 aliphatic heterocycles. The summed E-state index contributed by atoms with van der Waals surface area (Å²) in [6.45, 7) is 2.24. The molecular weight excluding hydrogens is 231 g/mol. The van der Waals surface area contributed by atoms with E-state index in [0.717, 1.165) is 25.0 Å². The molecular formula is C13H21FN4. The Kier molecular flexibility index (Phi) is 3.99. The molecule has 1 fully saturated rings. The molecule has 1 heterocycles. The summed E-state index contributed by atoms with van der Waals surface area (Å²) in [4.78, 5) is 9.58. The maximum atomic E-state index is 13.7. The maximum Gasteiger partial charge on any atom is 0.222 e. The lowest BCUT2D eigenvalue weighted by molar-refractivity contribution is 0.312. The third kappa shape index (κ3) is 2.71. The summed E-state index contributed by atoms with van der Waals surface area (Å²) < 4.78 is 13.7. The van der Waals surface area contributed by atoms with E-state index >= 15 is 0 Å². The first-order chi connectivity index (χ1) is 8.61. The summed E-state index contributed by atoms with van der Waals surface area (Å²) >= 11 is 0. The van der Waals surface area contributed by atoms with E-state index in [-0.39, 0.29) is 5.95 Å². The molecule has 18 heavy (non-hydrogen) atoms. The first-order valence-electron chi connectivity index (χ1n) is 6.62. The van der Waals surface area contributed by atoms with Crippen LogP contribution in [-0.2, 0) is 0 Å². The van der Waals surface area contributed by atoms with Crippen LogP contribution in [0, 0.1) is 11.7 Å². The number of hydrogen-bond donors (Lipinski definition) is 1. The lowest BCUT2D eigenvalue weighted by atomic mass is 9.84. The van der Waals surface area contributed by atoms with Crippen molar-refractivity contribution in [2.45, 2.75) is 45.1 Å². The number of hydrogen-bond acceptors (Lipinski definition) is 4. The summed E-state index contributed by atoms with van der Waals surface area (Å²) in [5.74, 6) is 0.877. The van der Waals surface area contributed by atoms with Crippen LogP contribution in [-0.4, -0.2) is 23.1 Å². The van der Waals surface area contributed by atoms with Gasteiger partial charge in [-0.3, -0.25) is 0 Å². The van der Waals surface area contributed by atoms with Gasteiger partial charge in [-0.1, -0.05) is 13.3 Å². The number of nitrogens with zero attached hydrogens (tertiary/aromatic N) is 3. The predicted octanol–water partition coefficient (Wildman–Crippen LogP) is 2.60. The average molecular weight is 252 g/mol. The molecule has 0 bridgehead atoms. The molecule has 1 saturated carbocycles. The van der Waals surface area contributed by atoms with E-state index in [0.29, 0.717) is 11.9 Å². The van der Waals surface area contributed by atoms with Gasteiger partial charge in [-0.2, -0.15) is 4.98 Å². The number of aromatic nitrogens is 2. The second kappa shape index (κ2) is 5.50. The van der Waals surface area contributed by atoms with Gasteiger partial charge in [0.15, 0.2) is 11.6 Å². The normalized spacial score (nSPS) is 23.9. The van der Waals surface area contributed by atoms with Gasteiger partial charge in [0.1, 0.15) is 0 Å². The van der Waals surface area contributed by atoms with Gasteiger partial charge in [0.25, 0.3) is 0 Å². The lowest BCUT2D eigenvalue weighted by Gasteiger charge is -2.35. The van der Waals surface area contributed by atoms with Gasteiger partial charge >= 0.3 is 0 Å². The van der Waals surface area contributed by atoms with Crippen LogP contribution in [0.1, 0.15) is 39.0 Å². The van der Waals surface area contributed by atoms with E-state index in [1.54, 1.807) is 0 Å². The van der Waals surface area contributed by atoms with Crippen LogP contribution in [0.2, 0.25) is 0 Å². The maximum absolute atomic E-state index is 13.7. The highest BCUT2D eigenvalue weighted by atomic mass is 19.1.